The first-order chi connectivity index (χ1) is 18.1. The second-order valence-electron chi connectivity index (χ2n) is 12.3. The molecular formula is C31H36N2O4. The van der Waals surface area contributed by atoms with E-state index in [1.165, 1.54) is 24.0 Å². The molecule has 5 atom stereocenters. The van der Waals surface area contributed by atoms with E-state index in [4.69, 9.17) is 9.47 Å². The van der Waals surface area contributed by atoms with Crippen LogP contribution in [0.25, 0.3) is 0 Å². The Labute approximate surface area is 218 Å². The normalized spacial score (nSPS) is 35.9. The molecule has 8 rings (SSSR count). The number of benzene rings is 2. The van der Waals surface area contributed by atoms with Crippen LogP contribution in [0, 0.1) is 5.92 Å². The second kappa shape index (κ2) is 7.97. The summed E-state index contributed by atoms with van der Waals surface area (Å²) in [6.45, 7) is 3.36. The van der Waals surface area contributed by atoms with Crippen LogP contribution in [0.4, 0.5) is 0 Å². The van der Waals surface area contributed by atoms with Crippen LogP contribution in [-0.4, -0.2) is 64.2 Å². The van der Waals surface area contributed by atoms with E-state index in [9.17, 15) is 9.90 Å². The summed E-state index contributed by atoms with van der Waals surface area (Å²) < 4.78 is 13.4. The highest BCUT2D eigenvalue weighted by molar-refractivity contribution is 5.79. The van der Waals surface area contributed by atoms with Crippen molar-refractivity contribution in [1.82, 2.24) is 9.80 Å². The SMILES string of the molecule is O=C1CCCN1[C@H]1CCC2(O)[C@H]3Cc4ccc(OCc5ccccc5)c5c4[C@@]2(CCN3CC2CC2)[C@H]1O5. The molecule has 194 valence electrons. The molecule has 2 bridgehead atoms. The molecule has 3 aliphatic heterocycles. The van der Waals surface area contributed by atoms with Gasteiger partial charge in [-0.05, 0) is 74.6 Å². The molecule has 2 aromatic rings. The Morgan fingerprint density at radius 3 is 2.70 bits per heavy atom. The van der Waals surface area contributed by atoms with E-state index < -0.39 is 11.0 Å². The molecular weight excluding hydrogens is 464 g/mol. The van der Waals surface area contributed by atoms with Crippen molar-refractivity contribution >= 4 is 5.91 Å². The van der Waals surface area contributed by atoms with Crippen molar-refractivity contribution in [2.75, 3.05) is 19.6 Å². The molecule has 37 heavy (non-hydrogen) atoms. The monoisotopic (exact) mass is 500 g/mol. The van der Waals surface area contributed by atoms with Crippen molar-refractivity contribution in [3.05, 3.63) is 59.2 Å². The van der Waals surface area contributed by atoms with E-state index in [0.717, 1.165) is 74.7 Å². The maximum atomic E-state index is 12.9. The molecule has 0 radical (unpaired) electrons. The van der Waals surface area contributed by atoms with Crippen LogP contribution in [0.1, 0.15) is 61.6 Å². The Kier molecular flexibility index (Phi) is 4.83. The fourth-order valence-electron chi connectivity index (χ4n) is 8.63. The number of aliphatic hydroxyl groups is 1. The van der Waals surface area contributed by atoms with Crippen LogP contribution < -0.4 is 9.47 Å². The Morgan fingerprint density at radius 1 is 1.05 bits per heavy atom. The van der Waals surface area contributed by atoms with Gasteiger partial charge in [-0.2, -0.15) is 0 Å². The van der Waals surface area contributed by atoms with Crippen LogP contribution in [0.3, 0.4) is 0 Å². The molecule has 2 aromatic carbocycles. The largest absolute Gasteiger partial charge is 0.485 e. The molecule has 2 saturated carbocycles. The summed E-state index contributed by atoms with van der Waals surface area (Å²) in [6.07, 6.45) is 7.21. The number of likely N-dealkylation sites (tertiary alicyclic amines) is 2. The zero-order chi connectivity index (χ0) is 24.8. The van der Waals surface area contributed by atoms with Crippen molar-refractivity contribution in [2.24, 2.45) is 5.92 Å². The van der Waals surface area contributed by atoms with Gasteiger partial charge in [0.15, 0.2) is 11.5 Å². The van der Waals surface area contributed by atoms with E-state index in [2.05, 4.69) is 34.1 Å². The average molecular weight is 501 g/mol. The number of piperidine rings is 1. The number of ether oxygens (including phenoxy) is 2. The molecule has 1 amide bonds. The topological polar surface area (TPSA) is 62.2 Å². The summed E-state index contributed by atoms with van der Waals surface area (Å²) >= 11 is 0. The highest BCUT2D eigenvalue weighted by Crippen LogP contribution is 2.66. The molecule has 1 N–H and O–H groups in total. The van der Waals surface area contributed by atoms with E-state index in [-0.39, 0.29) is 24.1 Å². The molecule has 3 aliphatic carbocycles. The van der Waals surface area contributed by atoms with Crippen LogP contribution >= 0.6 is 0 Å². The fourth-order valence-corrected chi connectivity index (χ4v) is 8.63. The summed E-state index contributed by atoms with van der Waals surface area (Å²) in [5.74, 6) is 2.62. The number of carbonyl (C=O) groups is 1. The third kappa shape index (κ3) is 3.09. The molecule has 1 unspecified atom stereocenters. The Morgan fingerprint density at radius 2 is 1.92 bits per heavy atom. The van der Waals surface area contributed by atoms with E-state index in [1.807, 2.05) is 18.2 Å². The van der Waals surface area contributed by atoms with Gasteiger partial charge in [0.1, 0.15) is 12.7 Å². The molecule has 6 heteroatoms. The lowest BCUT2D eigenvalue weighted by atomic mass is 9.48. The number of amides is 1. The maximum absolute atomic E-state index is 12.9. The van der Waals surface area contributed by atoms with E-state index in [0.29, 0.717) is 13.0 Å². The van der Waals surface area contributed by atoms with Crippen molar-refractivity contribution in [1.29, 1.82) is 0 Å². The zero-order valence-electron chi connectivity index (χ0n) is 21.4. The molecule has 2 saturated heterocycles. The number of carbonyl (C=O) groups excluding carboxylic acids is 1. The quantitative estimate of drug-likeness (QED) is 0.654. The highest BCUT2D eigenvalue weighted by Gasteiger charge is 2.73. The predicted molar refractivity (Wildman–Crippen MR) is 139 cm³/mol. The third-order valence-electron chi connectivity index (χ3n) is 10.5. The molecule has 4 fully saturated rings. The molecule has 6 aliphatic rings. The standard InChI is InChI=1S/C31H36N2O4/c34-26-7-4-15-33(26)23-12-13-31(35)25-17-22-10-11-24(36-19-21-5-2-1-3-6-21)28-27(22)30(31,29(23)37-28)14-16-32(25)18-20-8-9-20/h1-3,5-6,10-11,20,23,25,29,35H,4,7-9,12-19H2/t23-,25+,29-,30-,31?/m0/s1. The lowest BCUT2D eigenvalue weighted by Crippen LogP contribution is -2.78. The zero-order valence-corrected chi connectivity index (χ0v) is 21.4. The van der Waals surface area contributed by atoms with Crippen molar-refractivity contribution in [2.45, 2.75) is 87.2 Å². The third-order valence-corrected chi connectivity index (χ3v) is 10.5. The van der Waals surface area contributed by atoms with Crippen LogP contribution in [0.15, 0.2) is 42.5 Å². The summed E-state index contributed by atoms with van der Waals surface area (Å²) in [5.41, 5.74) is 2.27. The first-order valence-corrected chi connectivity index (χ1v) is 14.3. The molecule has 0 aromatic heterocycles. The van der Waals surface area contributed by atoms with E-state index in [1.54, 1.807) is 0 Å². The van der Waals surface area contributed by atoms with Gasteiger partial charge in [-0.25, -0.2) is 0 Å². The fraction of sp³-hybridized carbons (Fsp3) is 0.581. The molecule has 1 spiro atoms. The first-order valence-electron chi connectivity index (χ1n) is 14.3. The minimum absolute atomic E-state index is 0.00577. The van der Waals surface area contributed by atoms with Gasteiger partial charge in [-0.3, -0.25) is 9.69 Å². The van der Waals surface area contributed by atoms with Gasteiger partial charge >= 0.3 is 0 Å². The smallest absolute Gasteiger partial charge is 0.223 e. The summed E-state index contributed by atoms with van der Waals surface area (Å²) in [4.78, 5) is 17.6. The van der Waals surface area contributed by atoms with Gasteiger partial charge in [-0.15, -0.1) is 0 Å². The van der Waals surface area contributed by atoms with Crippen LogP contribution in [0.2, 0.25) is 0 Å². The molecule has 6 nitrogen and oxygen atoms in total. The first kappa shape index (κ1) is 22.4. The van der Waals surface area contributed by atoms with Crippen molar-refractivity contribution < 1.29 is 19.4 Å². The van der Waals surface area contributed by atoms with Gasteiger partial charge in [-0.1, -0.05) is 36.4 Å². The number of rotatable bonds is 6. The minimum Gasteiger partial charge on any atom is -0.485 e. The van der Waals surface area contributed by atoms with Crippen LogP contribution in [0.5, 0.6) is 11.5 Å². The van der Waals surface area contributed by atoms with Gasteiger partial charge in [0.05, 0.1) is 17.1 Å². The summed E-state index contributed by atoms with van der Waals surface area (Å²) in [7, 11) is 0. The summed E-state index contributed by atoms with van der Waals surface area (Å²) in [5, 5.41) is 12.8. The second-order valence-corrected chi connectivity index (χ2v) is 12.3. The Balaban J connectivity index is 1.23. The maximum Gasteiger partial charge on any atom is 0.223 e. The number of nitrogens with zero attached hydrogens (tertiary/aromatic N) is 2. The molecule has 3 heterocycles. The highest BCUT2D eigenvalue weighted by atomic mass is 16.5. The Bertz CT molecular complexity index is 1250. The van der Waals surface area contributed by atoms with Crippen molar-refractivity contribution in [3.8, 4) is 11.5 Å². The number of hydrogen-bond donors (Lipinski definition) is 1. The summed E-state index contributed by atoms with van der Waals surface area (Å²) in [6, 6.07) is 14.6. The lowest BCUT2D eigenvalue weighted by molar-refractivity contribution is -0.200. The van der Waals surface area contributed by atoms with Gasteiger partial charge in [0.25, 0.3) is 0 Å². The van der Waals surface area contributed by atoms with Gasteiger partial charge in [0, 0.05) is 31.1 Å². The average Bonchev–Trinajstić information content (AvgIpc) is 3.51. The van der Waals surface area contributed by atoms with Crippen molar-refractivity contribution in [3.63, 3.8) is 0 Å². The Hall–Kier alpha value is -2.57. The van der Waals surface area contributed by atoms with Gasteiger partial charge in [0.2, 0.25) is 5.91 Å². The van der Waals surface area contributed by atoms with Gasteiger partial charge < -0.3 is 19.5 Å². The minimum atomic E-state index is -0.847. The predicted octanol–water partition coefficient (Wildman–Crippen LogP) is 3.82. The lowest BCUT2D eigenvalue weighted by Gasteiger charge is -2.64. The number of hydrogen-bond acceptors (Lipinski definition) is 5. The van der Waals surface area contributed by atoms with E-state index >= 15 is 0 Å². The van der Waals surface area contributed by atoms with Crippen LogP contribution in [-0.2, 0) is 23.2 Å².